The monoisotopic (exact) mass is 769 g/mol. The average Bonchev–Trinajstić information content (AvgIpc) is 3.77. The molecule has 1 nitrogen and oxygen atoms in total. The van der Waals surface area contributed by atoms with Crippen LogP contribution in [0.15, 0.2) is 183 Å². The van der Waals surface area contributed by atoms with Crippen LogP contribution in [0, 0.1) is 6.92 Å². The van der Waals surface area contributed by atoms with Crippen molar-refractivity contribution in [2.75, 3.05) is 0 Å². The third-order valence-electron chi connectivity index (χ3n) is 11.8. The molecule has 0 amide bonds. The number of aryl methyl sites for hydroxylation is 1. The van der Waals surface area contributed by atoms with E-state index < -0.39 is 11.7 Å². The van der Waals surface area contributed by atoms with Crippen LogP contribution in [0.25, 0.3) is 84.2 Å². The summed E-state index contributed by atoms with van der Waals surface area (Å²) in [5.74, 6) is -0.349. The SMILES string of the molecule is C=Cc1cccc(-c2ccc3c(c2)-c2cc(-c4ccc5c(c4)c4cc(-c6cccc(C=C)c6)ccc4n5-c4cccc(C)c4)ccc2C3c2cccc(C(F)(F)F)c2)c1. The highest BCUT2D eigenvalue weighted by Crippen LogP contribution is 2.51. The van der Waals surface area contributed by atoms with E-state index in [0.717, 1.165) is 100 Å². The molecule has 0 saturated heterocycles. The van der Waals surface area contributed by atoms with Crippen LogP contribution >= 0.6 is 0 Å². The van der Waals surface area contributed by atoms with Crippen LogP contribution in [0.2, 0.25) is 0 Å². The molecular formula is C55H38F3N. The lowest BCUT2D eigenvalue weighted by molar-refractivity contribution is -0.137. The molecule has 4 heteroatoms. The van der Waals surface area contributed by atoms with Crippen LogP contribution in [0.3, 0.4) is 0 Å². The van der Waals surface area contributed by atoms with Gasteiger partial charge in [-0.1, -0.05) is 128 Å². The van der Waals surface area contributed by atoms with Gasteiger partial charge in [-0.15, -0.1) is 0 Å². The Kier molecular flexibility index (Phi) is 8.61. The van der Waals surface area contributed by atoms with Crippen molar-refractivity contribution < 1.29 is 13.2 Å². The second kappa shape index (κ2) is 14.0. The Hall–Kier alpha value is -7.17. The average molecular weight is 770 g/mol. The van der Waals surface area contributed by atoms with Crippen molar-refractivity contribution in [1.29, 1.82) is 0 Å². The Morgan fingerprint density at radius 3 is 1.51 bits per heavy atom. The van der Waals surface area contributed by atoms with Gasteiger partial charge in [0.05, 0.1) is 16.6 Å². The molecule has 284 valence electrons. The third kappa shape index (κ3) is 6.29. The summed E-state index contributed by atoms with van der Waals surface area (Å²) in [4.78, 5) is 0. The normalized spacial score (nSPS) is 13.4. The maximum Gasteiger partial charge on any atom is 0.416 e. The van der Waals surface area contributed by atoms with Crippen molar-refractivity contribution in [3.05, 3.63) is 222 Å². The van der Waals surface area contributed by atoms with E-state index in [2.05, 4.69) is 158 Å². The van der Waals surface area contributed by atoms with Gasteiger partial charge in [0.15, 0.2) is 0 Å². The molecule has 1 aliphatic carbocycles. The lowest BCUT2D eigenvalue weighted by Gasteiger charge is -2.17. The van der Waals surface area contributed by atoms with Gasteiger partial charge in [-0.2, -0.15) is 13.2 Å². The minimum absolute atomic E-state index is 0.349. The van der Waals surface area contributed by atoms with E-state index in [1.807, 2.05) is 30.4 Å². The van der Waals surface area contributed by atoms with Crippen molar-refractivity contribution >= 4 is 34.0 Å². The Bertz CT molecular complexity index is 3160. The van der Waals surface area contributed by atoms with E-state index in [1.165, 1.54) is 17.7 Å². The molecule has 9 aromatic rings. The van der Waals surface area contributed by atoms with Crippen LogP contribution in [0.5, 0.6) is 0 Å². The second-order valence-corrected chi connectivity index (χ2v) is 15.5. The standard InChI is InChI=1S/C55H38F3N/c1-4-35-11-7-13-37(27-35)39-18-22-46-48(30-39)49-31-40(19-23-47(49)54(46)43-15-9-16-44(29-43)55(56,57)58)42-21-25-53-51(33-42)50-32-41(38-14-8-12-36(5-2)28-38)20-24-52(50)59(53)45-17-6-10-34(3)26-45/h4-33,54H,1-2H2,3H3. The highest BCUT2D eigenvalue weighted by molar-refractivity contribution is 6.11. The van der Waals surface area contributed by atoms with Crippen molar-refractivity contribution in [1.82, 2.24) is 4.57 Å². The smallest absolute Gasteiger partial charge is 0.309 e. The molecule has 8 aromatic carbocycles. The minimum Gasteiger partial charge on any atom is -0.309 e. The fourth-order valence-electron chi connectivity index (χ4n) is 8.98. The Morgan fingerprint density at radius 1 is 0.492 bits per heavy atom. The van der Waals surface area contributed by atoms with Gasteiger partial charge in [0.25, 0.3) is 0 Å². The van der Waals surface area contributed by atoms with Crippen LogP contribution in [-0.4, -0.2) is 4.57 Å². The van der Waals surface area contributed by atoms with Gasteiger partial charge in [-0.3, -0.25) is 0 Å². The fraction of sp³-hybridized carbons (Fsp3) is 0.0545. The number of fused-ring (bicyclic) bond motifs is 6. The number of hydrogen-bond acceptors (Lipinski definition) is 0. The topological polar surface area (TPSA) is 4.93 Å². The fourth-order valence-corrected chi connectivity index (χ4v) is 8.98. The van der Waals surface area contributed by atoms with Gasteiger partial charge >= 0.3 is 6.18 Å². The summed E-state index contributed by atoms with van der Waals surface area (Å²) in [5, 5.41) is 2.28. The number of nitrogens with zero attached hydrogens (tertiary/aromatic N) is 1. The van der Waals surface area contributed by atoms with E-state index >= 15 is 0 Å². The molecule has 10 rings (SSSR count). The summed E-state index contributed by atoms with van der Waals surface area (Å²) in [6.07, 6.45) is -0.740. The van der Waals surface area contributed by atoms with Crippen molar-refractivity contribution in [3.63, 3.8) is 0 Å². The van der Waals surface area contributed by atoms with E-state index in [4.69, 9.17) is 0 Å². The largest absolute Gasteiger partial charge is 0.416 e. The molecule has 1 unspecified atom stereocenters. The summed E-state index contributed by atoms with van der Waals surface area (Å²) in [7, 11) is 0. The molecule has 0 aliphatic heterocycles. The number of rotatable bonds is 7. The van der Waals surface area contributed by atoms with Crippen molar-refractivity contribution in [3.8, 4) is 50.2 Å². The third-order valence-corrected chi connectivity index (χ3v) is 11.8. The first-order valence-corrected chi connectivity index (χ1v) is 19.7. The van der Waals surface area contributed by atoms with Crippen molar-refractivity contribution in [2.24, 2.45) is 0 Å². The van der Waals surface area contributed by atoms with Crippen molar-refractivity contribution in [2.45, 2.75) is 19.0 Å². The van der Waals surface area contributed by atoms with Gasteiger partial charge in [-0.05, 0) is 152 Å². The maximum atomic E-state index is 14.0. The van der Waals surface area contributed by atoms with Gasteiger partial charge in [0.1, 0.15) is 0 Å². The molecule has 0 bridgehead atoms. The Morgan fingerprint density at radius 2 is 0.983 bits per heavy atom. The summed E-state index contributed by atoms with van der Waals surface area (Å²) >= 11 is 0. The van der Waals surface area contributed by atoms with Gasteiger partial charge in [0, 0.05) is 22.4 Å². The lowest BCUT2D eigenvalue weighted by atomic mass is 9.87. The quantitative estimate of drug-likeness (QED) is 0.152. The number of hydrogen-bond donors (Lipinski definition) is 0. The number of alkyl halides is 3. The summed E-state index contributed by atoms with van der Waals surface area (Å²) in [5.41, 5.74) is 17.0. The van der Waals surface area contributed by atoms with Crippen LogP contribution < -0.4 is 0 Å². The minimum atomic E-state index is -4.44. The number of halogens is 3. The zero-order valence-corrected chi connectivity index (χ0v) is 32.4. The Balaban J connectivity index is 1.16. The van der Waals surface area contributed by atoms with E-state index in [0.29, 0.717) is 5.56 Å². The Labute approximate surface area is 341 Å². The first-order valence-electron chi connectivity index (χ1n) is 19.7. The van der Waals surface area contributed by atoms with E-state index in [1.54, 1.807) is 0 Å². The zero-order chi connectivity index (χ0) is 40.4. The molecule has 59 heavy (non-hydrogen) atoms. The molecule has 1 aromatic heterocycles. The summed E-state index contributed by atoms with van der Waals surface area (Å²) < 4.78 is 44.5. The molecule has 0 radical (unpaired) electrons. The van der Waals surface area contributed by atoms with Crippen LogP contribution in [0.4, 0.5) is 13.2 Å². The van der Waals surface area contributed by atoms with Gasteiger partial charge in [-0.25, -0.2) is 0 Å². The molecule has 0 saturated carbocycles. The summed E-state index contributed by atoms with van der Waals surface area (Å²) in [6.45, 7) is 10.1. The maximum absolute atomic E-state index is 14.0. The predicted octanol–water partition coefficient (Wildman–Crippen LogP) is 15.6. The molecule has 0 N–H and O–H groups in total. The molecule has 0 spiro atoms. The predicted molar refractivity (Wildman–Crippen MR) is 240 cm³/mol. The van der Waals surface area contributed by atoms with E-state index in [-0.39, 0.29) is 5.92 Å². The molecule has 1 heterocycles. The molecule has 0 fully saturated rings. The first kappa shape index (κ1) is 36.2. The van der Waals surface area contributed by atoms with Crippen LogP contribution in [0.1, 0.15) is 44.9 Å². The highest BCUT2D eigenvalue weighted by Gasteiger charge is 2.34. The van der Waals surface area contributed by atoms with E-state index in [9.17, 15) is 13.2 Å². The lowest BCUT2D eigenvalue weighted by Crippen LogP contribution is -2.07. The number of aromatic nitrogens is 1. The summed E-state index contributed by atoms with van der Waals surface area (Å²) in [6, 6.07) is 57.2. The van der Waals surface area contributed by atoms with Gasteiger partial charge in [0.2, 0.25) is 0 Å². The zero-order valence-electron chi connectivity index (χ0n) is 32.4. The second-order valence-electron chi connectivity index (χ2n) is 15.5. The van der Waals surface area contributed by atoms with Gasteiger partial charge < -0.3 is 4.57 Å². The first-order chi connectivity index (χ1) is 28.7. The van der Waals surface area contributed by atoms with Crippen LogP contribution in [-0.2, 0) is 6.18 Å². The molecule has 1 atom stereocenters. The molecule has 1 aliphatic rings. The highest BCUT2D eigenvalue weighted by atomic mass is 19.4. The molecular weight excluding hydrogens is 732 g/mol. The number of benzene rings is 8.